The highest BCUT2D eigenvalue weighted by atomic mass is 32.1. The molecule has 0 spiro atoms. The summed E-state index contributed by atoms with van der Waals surface area (Å²) in [7, 11) is 0. The van der Waals surface area contributed by atoms with Gasteiger partial charge < -0.3 is 0 Å². The molecule has 0 rings (SSSR count). The zero-order valence-corrected chi connectivity index (χ0v) is 7.72. The van der Waals surface area contributed by atoms with Gasteiger partial charge in [0.2, 0.25) is 0 Å². The van der Waals surface area contributed by atoms with E-state index in [-0.39, 0.29) is 4.75 Å². The molecule has 0 amide bonds. The molecule has 9 heavy (non-hydrogen) atoms. The summed E-state index contributed by atoms with van der Waals surface area (Å²) < 4.78 is 0.147. The van der Waals surface area contributed by atoms with Crippen LogP contribution in [0.25, 0.3) is 0 Å². The van der Waals surface area contributed by atoms with Gasteiger partial charge in [0.15, 0.2) is 0 Å². The first-order valence-electron chi connectivity index (χ1n) is 3.68. The van der Waals surface area contributed by atoms with Crippen molar-refractivity contribution in [3.8, 4) is 0 Å². The smallest absolute Gasteiger partial charge is 0.0235 e. The molecule has 0 saturated carbocycles. The van der Waals surface area contributed by atoms with Crippen molar-refractivity contribution in [1.82, 2.24) is 0 Å². The lowest BCUT2D eigenvalue weighted by Crippen LogP contribution is -2.17. The molecule has 0 saturated heterocycles. The fourth-order valence-corrected chi connectivity index (χ4v) is 1.34. The molecule has 0 nitrogen and oxygen atoms in total. The van der Waals surface area contributed by atoms with Crippen molar-refractivity contribution < 1.29 is 0 Å². The Morgan fingerprint density at radius 3 is 2.00 bits per heavy atom. The average molecular weight is 145 g/mol. The predicted octanol–water partition coefficient (Wildman–Crippen LogP) is 3.40. The van der Waals surface area contributed by atoms with Crippen LogP contribution in [-0.2, 0) is 0 Å². The molecule has 0 aromatic rings. The van der Waals surface area contributed by atoms with Crippen molar-refractivity contribution in [2.24, 2.45) is 5.92 Å². The average Bonchev–Trinajstić information content (AvgIpc) is 1.63. The minimum atomic E-state index is 0.147. The molecule has 1 heteroatoms. The van der Waals surface area contributed by atoms with E-state index >= 15 is 0 Å². The minimum absolute atomic E-state index is 0.147. The summed E-state index contributed by atoms with van der Waals surface area (Å²) in [5, 5.41) is 0. The van der Waals surface area contributed by atoms with Crippen molar-refractivity contribution in [1.29, 1.82) is 0 Å². The predicted molar refractivity (Wildman–Crippen MR) is 45.7 cm³/mol. The maximum absolute atomic E-state index is 5.32. The monoisotopic (exact) mass is 145 g/mol. The van der Waals surface area contributed by atoms with Gasteiger partial charge in [-0.05, 0) is 25.7 Å². The second kappa shape index (κ2) is 3.50. The van der Waals surface area contributed by atoms with E-state index in [0.717, 1.165) is 12.3 Å². The van der Waals surface area contributed by atoms with E-state index in [1.807, 2.05) is 0 Å². The first-order valence-corrected chi connectivity index (χ1v) is 4.09. The summed E-state index contributed by atoms with van der Waals surface area (Å²) in [4.78, 5) is 0. The standard InChI is InChI=1S/C8H17S/c1-5-8(4,9)6-7(2)3/h7H,5-6H2,1-4H3. The van der Waals surface area contributed by atoms with Crippen molar-refractivity contribution >= 4 is 12.6 Å². The van der Waals surface area contributed by atoms with Crippen LogP contribution in [0.2, 0.25) is 0 Å². The third-order valence-corrected chi connectivity index (χ3v) is 2.04. The van der Waals surface area contributed by atoms with E-state index in [1.54, 1.807) is 0 Å². The Bertz CT molecular complexity index is 74.6. The van der Waals surface area contributed by atoms with Gasteiger partial charge in [-0.25, -0.2) is 0 Å². The van der Waals surface area contributed by atoms with Crippen molar-refractivity contribution in [3.63, 3.8) is 0 Å². The van der Waals surface area contributed by atoms with E-state index < -0.39 is 0 Å². The lowest BCUT2D eigenvalue weighted by atomic mass is 9.96. The minimum Gasteiger partial charge on any atom is -0.0870 e. The third-order valence-electron chi connectivity index (χ3n) is 1.59. The molecule has 55 valence electrons. The Morgan fingerprint density at radius 2 is 1.89 bits per heavy atom. The van der Waals surface area contributed by atoms with Crippen LogP contribution >= 0.6 is 12.6 Å². The molecule has 0 fully saturated rings. The van der Waals surface area contributed by atoms with Gasteiger partial charge in [-0.2, -0.15) is 0 Å². The van der Waals surface area contributed by atoms with Gasteiger partial charge in [-0.15, -0.1) is 0 Å². The molecule has 0 aliphatic heterocycles. The molecule has 0 bridgehead atoms. The van der Waals surface area contributed by atoms with Gasteiger partial charge in [0.05, 0.1) is 0 Å². The van der Waals surface area contributed by atoms with Crippen LogP contribution in [0.5, 0.6) is 0 Å². The highest BCUT2D eigenvalue weighted by Crippen LogP contribution is 2.26. The van der Waals surface area contributed by atoms with E-state index in [9.17, 15) is 0 Å². The molecule has 1 radical (unpaired) electrons. The highest BCUT2D eigenvalue weighted by Gasteiger charge is 2.18. The number of rotatable bonds is 3. The fourth-order valence-electron chi connectivity index (χ4n) is 1.01. The Labute approximate surface area is 64.4 Å². The van der Waals surface area contributed by atoms with Crippen molar-refractivity contribution in [2.45, 2.75) is 45.3 Å². The van der Waals surface area contributed by atoms with Crippen LogP contribution in [0.4, 0.5) is 0 Å². The first kappa shape index (κ1) is 9.35. The van der Waals surface area contributed by atoms with Crippen molar-refractivity contribution in [2.75, 3.05) is 0 Å². The fraction of sp³-hybridized carbons (Fsp3) is 1.00. The second-order valence-electron chi connectivity index (χ2n) is 3.40. The molecule has 0 aromatic heterocycles. The van der Waals surface area contributed by atoms with Gasteiger partial charge in [0.1, 0.15) is 0 Å². The van der Waals surface area contributed by atoms with Crippen LogP contribution in [0.3, 0.4) is 0 Å². The zero-order valence-electron chi connectivity index (χ0n) is 6.90. The Morgan fingerprint density at radius 1 is 1.44 bits per heavy atom. The first-order chi connectivity index (χ1) is 3.98. The van der Waals surface area contributed by atoms with E-state index in [0.29, 0.717) is 0 Å². The third kappa shape index (κ3) is 4.83. The summed E-state index contributed by atoms with van der Waals surface area (Å²) in [6, 6.07) is 0. The maximum atomic E-state index is 5.32. The normalized spacial score (nSPS) is 18.0. The number of hydrogen-bond acceptors (Lipinski definition) is 0. The Kier molecular flexibility index (Phi) is 3.64. The second-order valence-corrected chi connectivity index (χ2v) is 4.39. The molecule has 1 unspecified atom stereocenters. The van der Waals surface area contributed by atoms with Crippen LogP contribution in [0, 0.1) is 5.92 Å². The van der Waals surface area contributed by atoms with E-state index in [1.165, 1.54) is 6.42 Å². The largest absolute Gasteiger partial charge is 0.0870 e. The lowest BCUT2D eigenvalue weighted by molar-refractivity contribution is 0.469. The van der Waals surface area contributed by atoms with E-state index in [2.05, 4.69) is 27.7 Å². The molecule has 1 atom stereocenters. The SMILES string of the molecule is CCC(C)([S])CC(C)C. The molecule has 0 aliphatic rings. The van der Waals surface area contributed by atoms with Gasteiger partial charge in [-0.1, -0.05) is 33.4 Å². The summed E-state index contributed by atoms with van der Waals surface area (Å²) >= 11 is 5.32. The lowest BCUT2D eigenvalue weighted by Gasteiger charge is -2.22. The molecule has 0 aromatic carbocycles. The van der Waals surface area contributed by atoms with Crippen LogP contribution in [0.15, 0.2) is 0 Å². The van der Waals surface area contributed by atoms with Gasteiger partial charge in [-0.3, -0.25) is 0 Å². The summed E-state index contributed by atoms with van der Waals surface area (Å²) in [6.45, 7) is 8.76. The molecular formula is C8H17S. The quantitative estimate of drug-likeness (QED) is 0.571. The van der Waals surface area contributed by atoms with Gasteiger partial charge in [0, 0.05) is 4.75 Å². The molecular weight excluding hydrogens is 128 g/mol. The van der Waals surface area contributed by atoms with Crippen LogP contribution in [-0.4, -0.2) is 4.75 Å². The van der Waals surface area contributed by atoms with Gasteiger partial charge in [0.25, 0.3) is 0 Å². The Hall–Kier alpha value is 0.350. The highest BCUT2D eigenvalue weighted by molar-refractivity contribution is 7.81. The summed E-state index contributed by atoms with van der Waals surface area (Å²) in [6.07, 6.45) is 2.28. The Balaban J connectivity index is 3.58. The van der Waals surface area contributed by atoms with E-state index in [4.69, 9.17) is 12.6 Å². The molecule has 0 heterocycles. The molecule has 0 N–H and O–H groups in total. The van der Waals surface area contributed by atoms with Crippen LogP contribution < -0.4 is 0 Å². The molecule has 0 aliphatic carbocycles. The number of hydrogen-bond donors (Lipinski definition) is 0. The maximum Gasteiger partial charge on any atom is 0.0235 e. The zero-order chi connectivity index (χ0) is 7.49. The van der Waals surface area contributed by atoms with Crippen LogP contribution in [0.1, 0.15) is 40.5 Å². The van der Waals surface area contributed by atoms with Gasteiger partial charge >= 0.3 is 0 Å². The summed E-state index contributed by atoms with van der Waals surface area (Å²) in [5.41, 5.74) is 0. The summed E-state index contributed by atoms with van der Waals surface area (Å²) in [5.74, 6) is 0.743. The topological polar surface area (TPSA) is 0 Å². The van der Waals surface area contributed by atoms with Crippen molar-refractivity contribution in [3.05, 3.63) is 0 Å².